The van der Waals surface area contributed by atoms with Gasteiger partial charge in [-0.1, -0.05) is 26.0 Å². The van der Waals surface area contributed by atoms with Gasteiger partial charge in [-0.2, -0.15) is 0 Å². The Morgan fingerprint density at radius 1 is 1.24 bits per heavy atom. The van der Waals surface area contributed by atoms with E-state index in [4.69, 9.17) is 0 Å². The van der Waals surface area contributed by atoms with E-state index in [9.17, 15) is 14.0 Å². The monoisotopic (exact) mass is 294 g/mol. The van der Waals surface area contributed by atoms with Crippen molar-refractivity contribution in [3.8, 4) is 0 Å². The number of benzene rings is 1. The number of nitrogens with one attached hydrogen (secondary N) is 1. The minimum absolute atomic E-state index is 0.0187. The maximum Gasteiger partial charge on any atom is 0.239 e. The average Bonchev–Trinajstić information content (AvgIpc) is 2.40. The number of nitrogens with zero attached hydrogens (tertiary/aromatic N) is 1. The van der Waals surface area contributed by atoms with Gasteiger partial charge in [0.2, 0.25) is 11.8 Å². The Balaban J connectivity index is 2.51. The van der Waals surface area contributed by atoms with Gasteiger partial charge in [0.15, 0.2) is 0 Å². The number of carbonyl (C=O) groups is 2. The van der Waals surface area contributed by atoms with Crippen LogP contribution in [0.5, 0.6) is 0 Å². The molecule has 0 radical (unpaired) electrons. The van der Waals surface area contributed by atoms with E-state index >= 15 is 0 Å². The Morgan fingerprint density at radius 2 is 1.86 bits per heavy atom. The molecule has 0 bridgehead atoms. The van der Waals surface area contributed by atoms with E-state index in [0.717, 1.165) is 12.0 Å². The lowest BCUT2D eigenvalue weighted by Gasteiger charge is -2.20. The molecule has 116 valence electrons. The Labute approximate surface area is 125 Å². The number of hydrogen-bond acceptors (Lipinski definition) is 2. The van der Waals surface area contributed by atoms with Crippen LogP contribution in [-0.2, 0) is 16.1 Å². The van der Waals surface area contributed by atoms with Crippen molar-refractivity contribution >= 4 is 11.8 Å². The standard InChI is InChI=1S/C16H23FN2O2/c1-12(2)8-9-18-16(21)11-19(13(3)20)10-14-4-6-15(17)7-5-14/h4-7,12H,8-11H2,1-3H3,(H,18,21). The van der Waals surface area contributed by atoms with Gasteiger partial charge in [0, 0.05) is 20.0 Å². The molecule has 1 rings (SSSR count). The lowest BCUT2D eigenvalue weighted by molar-refractivity contribution is -0.134. The second-order valence-corrected chi connectivity index (χ2v) is 5.53. The summed E-state index contributed by atoms with van der Waals surface area (Å²) >= 11 is 0. The van der Waals surface area contributed by atoms with Crippen molar-refractivity contribution in [3.63, 3.8) is 0 Å². The number of halogens is 1. The van der Waals surface area contributed by atoms with E-state index in [0.29, 0.717) is 19.0 Å². The molecule has 0 atom stereocenters. The third-order valence-corrected chi connectivity index (χ3v) is 3.11. The second-order valence-electron chi connectivity index (χ2n) is 5.53. The molecule has 0 aliphatic heterocycles. The summed E-state index contributed by atoms with van der Waals surface area (Å²) in [6.07, 6.45) is 0.907. The zero-order valence-electron chi connectivity index (χ0n) is 12.9. The summed E-state index contributed by atoms with van der Waals surface area (Å²) in [5.74, 6) is -0.153. The van der Waals surface area contributed by atoms with Crippen LogP contribution < -0.4 is 5.32 Å². The summed E-state index contributed by atoms with van der Waals surface area (Å²) in [5.41, 5.74) is 0.793. The third kappa shape index (κ3) is 6.88. The number of rotatable bonds is 7. The van der Waals surface area contributed by atoms with Gasteiger partial charge in [-0.05, 0) is 30.0 Å². The normalized spacial score (nSPS) is 10.5. The minimum Gasteiger partial charge on any atom is -0.355 e. The van der Waals surface area contributed by atoms with Crippen molar-refractivity contribution in [2.75, 3.05) is 13.1 Å². The fourth-order valence-corrected chi connectivity index (χ4v) is 1.82. The Hall–Kier alpha value is -1.91. The molecule has 1 aromatic rings. The molecule has 0 saturated carbocycles. The molecule has 0 saturated heterocycles. The lowest BCUT2D eigenvalue weighted by Crippen LogP contribution is -2.39. The van der Waals surface area contributed by atoms with Gasteiger partial charge in [0.1, 0.15) is 5.82 Å². The van der Waals surface area contributed by atoms with Crippen LogP contribution in [0.2, 0.25) is 0 Å². The number of amides is 2. The van der Waals surface area contributed by atoms with Crippen LogP contribution in [0.15, 0.2) is 24.3 Å². The molecule has 2 amide bonds. The van der Waals surface area contributed by atoms with Crippen LogP contribution in [0.1, 0.15) is 32.8 Å². The zero-order chi connectivity index (χ0) is 15.8. The van der Waals surface area contributed by atoms with Gasteiger partial charge in [-0.15, -0.1) is 0 Å². The fraction of sp³-hybridized carbons (Fsp3) is 0.500. The largest absolute Gasteiger partial charge is 0.355 e. The quantitative estimate of drug-likeness (QED) is 0.839. The molecule has 0 heterocycles. The van der Waals surface area contributed by atoms with Crippen molar-refractivity contribution in [1.82, 2.24) is 10.2 Å². The molecule has 0 aliphatic carbocycles. The summed E-state index contributed by atoms with van der Waals surface area (Å²) in [5, 5.41) is 2.80. The van der Waals surface area contributed by atoms with Crippen LogP contribution in [0.3, 0.4) is 0 Å². The van der Waals surface area contributed by atoms with Crippen LogP contribution in [-0.4, -0.2) is 29.8 Å². The molecular weight excluding hydrogens is 271 g/mol. The Morgan fingerprint density at radius 3 is 2.38 bits per heavy atom. The molecule has 21 heavy (non-hydrogen) atoms. The van der Waals surface area contributed by atoms with Gasteiger partial charge >= 0.3 is 0 Å². The molecule has 5 heteroatoms. The van der Waals surface area contributed by atoms with E-state index in [-0.39, 0.29) is 24.2 Å². The smallest absolute Gasteiger partial charge is 0.239 e. The van der Waals surface area contributed by atoms with Gasteiger partial charge < -0.3 is 10.2 Å². The molecule has 0 fully saturated rings. The van der Waals surface area contributed by atoms with Crippen molar-refractivity contribution < 1.29 is 14.0 Å². The Kier molecular flexibility index (Phi) is 6.85. The summed E-state index contributed by atoms with van der Waals surface area (Å²) in [6.45, 7) is 6.52. The summed E-state index contributed by atoms with van der Waals surface area (Å²) in [6, 6.07) is 5.91. The topological polar surface area (TPSA) is 49.4 Å². The van der Waals surface area contributed by atoms with Gasteiger partial charge in [-0.25, -0.2) is 4.39 Å². The maximum atomic E-state index is 12.9. The molecule has 0 aliphatic rings. The van der Waals surface area contributed by atoms with Crippen molar-refractivity contribution in [2.24, 2.45) is 5.92 Å². The van der Waals surface area contributed by atoms with E-state index < -0.39 is 0 Å². The van der Waals surface area contributed by atoms with E-state index in [2.05, 4.69) is 19.2 Å². The first kappa shape index (κ1) is 17.1. The van der Waals surface area contributed by atoms with Gasteiger partial charge in [-0.3, -0.25) is 9.59 Å². The molecule has 0 spiro atoms. The highest BCUT2D eigenvalue weighted by molar-refractivity contribution is 5.83. The SMILES string of the molecule is CC(=O)N(CC(=O)NCCC(C)C)Cc1ccc(F)cc1. The predicted octanol–water partition coefficient (Wildman–Crippen LogP) is 2.34. The van der Waals surface area contributed by atoms with Crippen molar-refractivity contribution in [3.05, 3.63) is 35.6 Å². The Bertz CT molecular complexity index is 472. The molecule has 0 unspecified atom stereocenters. The first-order chi connectivity index (χ1) is 9.88. The highest BCUT2D eigenvalue weighted by Gasteiger charge is 2.14. The number of carbonyl (C=O) groups excluding carboxylic acids is 2. The highest BCUT2D eigenvalue weighted by Crippen LogP contribution is 2.07. The summed E-state index contributed by atoms with van der Waals surface area (Å²) in [7, 11) is 0. The first-order valence-electron chi connectivity index (χ1n) is 7.15. The molecular formula is C16H23FN2O2. The maximum absolute atomic E-state index is 12.9. The first-order valence-corrected chi connectivity index (χ1v) is 7.15. The van der Waals surface area contributed by atoms with Gasteiger partial charge in [0.25, 0.3) is 0 Å². The van der Waals surface area contributed by atoms with Crippen molar-refractivity contribution in [2.45, 2.75) is 33.7 Å². The third-order valence-electron chi connectivity index (χ3n) is 3.11. The van der Waals surface area contributed by atoms with Crippen LogP contribution in [0, 0.1) is 11.7 Å². The predicted molar refractivity (Wildman–Crippen MR) is 80.0 cm³/mol. The van der Waals surface area contributed by atoms with E-state index in [1.807, 2.05) is 0 Å². The van der Waals surface area contributed by atoms with Crippen LogP contribution in [0.25, 0.3) is 0 Å². The molecule has 1 aromatic carbocycles. The lowest BCUT2D eigenvalue weighted by atomic mass is 10.1. The average molecular weight is 294 g/mol. The molecule has 0 aromatic heterocycles. The second kappa shape index (κ2) is 8.39. The number of hydrogen-bond donors (Lipinski definition) is 1. The van der Waals surface area contributed by atoms with Crippen molar-refractivity contribution in [1.29, 1.82) is 0 Å². The van der Waals surface area contributed by atoms with Crippen LogP contribution >= 0.6 is 0 Å². The van der Waals surface area contributed by atoms with Crippen LogP contribution in [0.4, 0.5) is 4.39 Å². The molecule has 4 nitrogen and oxygen atoms in total. The summed E-state index contributed by atoms with van der Waals surface area (Å²) in [4.78, 5) is 24.9. The summed E-state index contributed by atoms with van der Waals surface area (Å²) < 4.78 is 12.9. The fourth-order valence-electron chi connectivity index (χ4n) is 1.82. The minimum atomic E-state index is -0.320. The molecule has 1 N–H and O–H groups in total. The zero-order valence-corrected chi connectivity index (χ0v) is 12.9. The van der Waals surface area contributed by atoms with E-state index in [1.165, 1.54) is 24.0 Å². The van der Waals surface area contributed by atoms with Gasteiger partial charge in [0.05, 0.1) is 6.54 Å². The van der Waals surface area contributed by atoms with E-state index in [1.54, 1.807) is 12.1 Å². The highest BCUT2D eigenvalue weighted by atomic mass is 19.1.